The van der Waals surface area contributed by atoms with Gasteiger partial charge in [-0.2, -0.15) is 0 Å². The van der Waals surface area contributed by atoms with Crippen LogP contribution in [-0.4, -0.2) is 29.9 Å². The van der Waals surface area contributed by atoms with Crippen molar-refractivity contribution in [2.24, 2.45) is 11.8 Å². The minimum Gasteiger partial charge on any atom is -0.329 e. The highest BCUT2D eigenvalue weighted by Gasteiger charge is 2.40. The fourth-order valence-electron chi connectivity index (χ4n) is 1.91. The summed E-state index contributed by atoms with van der Waals surface area (Å²) in [6, 6.07) is -0.216. The van der Waals surface area contributed by atoms with Crippen molar-refractivity contribution in [3.05, 3.63) is 0 Å². The number of nitrogens with zero attached hydrogens (tertiary/aromatic N) is 1. The van der Waals surface area contributed by atoms with Gasteiger partial charge in [0, 0.05) is 6.54 Å². The fourth-order valence-corrected chi connectivity index (χ4v) is 1.91. The number of imide groups is 1. The Morgan fingerprint density at radius 3 is 2.69 bits per heavy atom. The molecule has 2 rings (SSSR count). The highest BCUT2D eigenvalue weighted by atomic mass is 16.2. The van der Waals surface area contributed by atoms with Crippen LogP contribution in [0.15, 0.2) is 0 Å². The first kappa shape index (κ1) is 8.53. The maximum Gasteiger partial charge on any atom is 0.324 e. The lowest BCUT2D eigenvalue weighted by Crippen LogP contribution is -2.33. The van der Waals surface area contributed by atoms with E-state index in [2.05, 4.69) is 12.2 Å². The highest BCUT2D eigenvalue weighted by Crippen LogP contribution is 2.41. The summed E-state index contributed by atoms with van der Waals surface area (Å²) in [6.07, 6.45) is 2.34. The van der Waals surface area contributed by atoms with Gasteiger partial charge in [-0.05, 0) is 18.3 Å². The molecular formula is C9H14N2O2. The van der Waals surface area contributed by atoms with Gasteiger partial charge in [0.2, 0.25) is 5.91 Å². The molecule has 0 radical (unpaired) electrons. The van der Waals surface area contributed by atoms with Crippen molar-refractivity contribution >= 4 is 11.9 Å². The second-order valence-corrected chi connectivity index (χ2v) is 3.83. The van der Waals surface area contributed by atoms with E-state index in [1.165, 1.54) is 11.3 Å². The topological polar surface area (TPSA) is 49.4 Å². The molecule has 1 saturated heterocycles. The van der Waals surface area contributed by atoms with E-state index in [0.717, 1.165) is 12.3 Å². The van der Waals surface area contributed by atoms with Crippen LogP contribution in [0.2, 0.25) is 0 Å². The Balaban J connectivity index is 1.88. The molecule has 1 heterocycles. The smallest absolute Gasteiger partial charge is 0.324 e. The summed E-state index contributed by atoms with van der Waals surface area (Å²) in [5.41, 5.74) is 0. The van der Waals surface area contributed by atoms with E-state index in [9.17, 15) is 9.59 Å². The molecule has 13 heavy (non-hydrogen) atoms. The van der Waals surface area contributed by atoms with Crippen molar-refractivity contribution in [3.8, 4) is 0 Å². The monoisotopic (exact) mass is 182 g/mol. The maximum absolute atomic E-state index is 11.2. The molecule has 1 aliphatic heterocycles. The van der Waals surface area contributed by atoms with Crippen LogP contribution >= 0.6 is 0 Å². The van der Waals surface area contributed by atoms with Crippen molar-refractivity contribution in [3.63, 3.8) is 0 Å². The molecule has 0 bridgehead atoms. The van der Waals surface area contributed by atoms with E-state index in [1.54, 1.807) is 0 Å². The molecule has 2 fully saturated rings. The molecule has 3 amide bonds. The molecule has 1 N–H and O–H groups in total. The van der Waals surface area contributed by atoms with Crippen molar-refractivity contribution < 1.29 is 9.59 Å². The largest absolute Gasteiger partial charge is 0.329 e. The molecular weight excluding hydrogens is 168 g/mol. The first-order valence-electron chi connectivity index (χ1n) is 4.80. The second-order valence-electron chi connectivity index (χ2n) is 3.83. The Hall–Kier alpha value is -1.06. The zero-order chi connectivity index (χ0) is 9.42. The summed E-state index contributed by atoms with van der Waals surface area (Å²) < 4.78 is 0. The van der Waals surface area contributed by atoms with Crippen LogP contribution in [-0.2, 0) is 4.79 Å². The van der Waals surface area contributed by atoms with Crippen molar-refractivity contribution in [1.29, 1.82) is 0 Å². The summed E-state index contributed by atoms with van der Waals surface area (Å²) >= 11 is 0. The Labute approximate surface area is 77.3 Å². The maximum atomic E-state index is 11.2. The molecule has 1 aliphatic carbocycles. The molecule has 4 heteroatoms. The Morgan fingerprint density at radius 2 is 2.23 bits per heavy atom. The van der Waals surface area contributed by atoms with Gasteiger partial charge in [0.05, 0.1) is 6.54 Å². The summed E-state index contributed by atoms with van der Waals surface area (Å²) in [5, 5.41) is 2.52. The van der Waals surface area contributed by atoms with Crippen molar-refractivity contribution in [2.45, 2.75) is 19.8 Å². The van der Waals surface area contributed by atoms with Crippen LogP contribution in [0.25, 0.3) is 0 Å². The number of rotatable bonds is 3. The van der Waals surface area contributed by atoms with Gasteiger partial charge in [0.25, 0.3) is 0 Å². The standard InChI is InChI=1S/C9H14N2O2/c1-2-6-3-7(6)5-11-8(12)4-10-9(11)13/h6-7H,2-5H2,1H3,(H,10,13). The van der Waals surface area contributed by atoms with Gasteiger partial charge in [-0.25, -0.2) is 4.79 Å². The van der Waals surface area contributed by atoms with Crippen LogP contribution in [0.4, 0.5) is 4.79 Å². The van der Waals surface area contributed by atoms with Gasteiger partial charge >= 0.3 is 6.03 Å². The third-order valence-corrected chi connectivity index (χ3v) is 2.95. The van der Waals surface area contributed by atoms with Gasteiger partial charge < -0.3 is 5.32 Å². The van der Waals surface area contributed by atoms with E-state index in [-0.39, 0.29) is 18.5 Å². The second kappa shape index (κ2) is 3.01. The van der Waals surface area contributed by atoms with Gasteiger partial charge in [-0.15, -0.1) is 0 Å². The van der Waals surface area contributed by atoms with Crippen molar-refractivity contribution in [1.82, 2.24) is 10.2 Å². The normalized spacial score (nSPS) is 32.2. The van der Waals surface area contributed by atoms with E-state index in [1.807, 2.05) is 0 Å². The van der Waals surface area contributed by atoms with Gasteiger partial charge in [0.1, 0.15) is 0 Å². The fraction of sp³-hybridized carbons (Fsp3) is 0.778. The number of urea groups is 1. The summed E-state index contributed by atoms with van der Waals surface area (Å²) in [6.45, 7) is 2.96. The average molecular weight is 182 g/mol. The number of hydrogen-bond acceptors (Lipinski definition) is 2. The molecule has 2 unspecified atom stereocenters. The number of nitrogens with one attached hydrogen (secondary N) is 1. The minimum absolute atomic E-state index is 0.0771. The summed E-state index contributed by atoms with van der Waals surface area (Å²) in [7, 11) is 0. The molecule has 0 aromatic carbocycles. The molecule has 72 valence electrons. The predicted molar refractivity (Wildman–Crippen MR) is 47.0 cm³/mol. The molecule has 1 saturated carbocycles. The lowest BCUT2D eigenvalue weighted by Gasteiger charge is -2.11. The first-order chi connectivity index (χ1) is 6.22. The highest BCUT2D eigenvalue weighted by molar-refractivity contribution is 6.01. The van der Waals surface area contributed by atoms with E-state index < -0.39 is 0 Å². The van der Waals surface area contributed by atoms with E-state index in [0.29, 0.717) is 12.5 Å². The third-order valence-electron chi connectivity index (χ3n) is 2.95. The Bertz CT molecular complexity index is 236. The van der Waals surface area contributed by atoms with Gasteiger partial charge in [-0.1, -0.05) is 13.3 Å². The quantitative estimate of drug-likeness (QED) is 0.649. The van der Waals surface area contributed by atoms with Crippen LogP contribution in [0.1, 0.15) is 19.8 Å². The summed E-state index contributed by atoms with van der Waals surface area (Å²) in [5.74, 6) is 1.23. The number of hydrogen-bond donors (Lipinski definition) is 1. The van der Waals surface area contributed by atoms with E-state index in [4.69, 9.17) is 0 Å². The average Bonchev–Trinajstić information content (AvgIpc) is 2.81. The lowest BCUT2D eigenvalue weighted by atomic mass is 10.2. The lowest BCUT2D eigenvalue weighted by molar-refractivity contribution is -0.125. The van der Waals surface area contributed by atoms with Gasteiger partial charge in [0.15, 0.2) is 0 Å². The first-order valence-corrected chi connectivity index (χ1v) is 4.80. The molecule has 2 aliphatic rings. The molecule has 0 aromatic rings. The number of carbonyl (C=O) groups excluding carboxylic acids is 2. The van der Waals surface area contributed by atoms with Crippen LogP contribution in [0.3, 0.4) is 0 Å². The number of carbonyl (C=O) groups is 2. The SMILES string of the molecule is CCC1CC1CN1C(=O)CNC1=O. The molecule has 0 aromatic heterocycles. The third kappa shape index (κ3) is 1.53. The van der Waals surface area contributed by atoms with Crippen LogP contribution in [0, 0.1) is 11.8 Å². The zero-order valence-corrected chi connectivity index (χ0v) is 7.75. The van der Waals surface area contributed by atoms with E-state index >= 15 is 0 Å². The van der Waals surface area contributed by atoms with Crippen LogP contribution < -0.4 is 5.32 Å². The minimum atomic E-state index is -0.216. The predicted octanol–water partition coefficient (Wildman–Crippen LogP) is 0.584. The molecule has 2 atom stereocenters. The zero-order valence-electron chi connectivity index (χ0n) is 7.75. The Kier molecular flexibility index (Phi) is 1.98. The van der Waals surface area contributed by atoms with Crippen molar-refractivity contribution in [2.75, 3.05) is 13.1 Å². The van der Waals surface area contributed by atoms with Gasteiger partial charge in [-0.3, -0.25) is 9.69 Å². The molecule has 0 spiro atoms. The molecule has 4 nitrogen and oxygen atoms in total. The van der Waals surface area contributed by atoms with Crippen LogP contribution in [0.5, 0.6) is 0 Å². The number of amides is 3. The Morgan fingerprint density at radius 1 is 1.46 bits per heavy atom. The summed E-state index contributed by atoms with van der Waals surface area (Å²) in [4.78, 5) is 23.7.